The maximum atomic E-state index is 13.3. The van der Waals surface area contributed by atoms with E-state index in [0.717, 1.165) is 23.1 Å². The second-order valence-corrected chi connectivity index (χ2v) is 9.69. The second-order valence-electron chi connectivity index (χ2n) is 8.53. The van der Waals surface area contributed by atoms with Gasteiger partial charge >= 0.3 is 17.7 Å². The zero-order chi connectivity index (χ0) is 31.4. The Hall–Kier alpha value is -5.39. The lowest BCUT2D eigenvalue weighted by Gasteiger charge is -2.26. The molecule has 3 aromatic carbocycles. The number of amides is 4. The highest BCUT2D eigenvalue weighted by Gasteiger charge is 2.37. The average Bonchev–Trinajstić information content (AvgIpc) is 2.96. The number of hydrogen-bond donors (Lipinski definition) is 1. The summed E-state index contributed by atoms with van der Waals surface area (Å²) in [5, 5.41) is 24.8. The Balaban J connectivity index is 1.71. The van der Waals surface area contributed by atoms with Crippen LogP contribution < -0.4 is 19.7 Å². The molecule has 1 N–H and O–H groups in total. The van der Waals surface area contributed by atoms with Crippen molar-refractivity contribution in [2.24, 2.45) is 0 Å². The number of methoxy groups -OCH3 is 1. The fraction of sp³-hybridized carbons (Fsp3) is 0.111. The Kier molecular flexibility index (Phi) is 8.98. The first-order valence-electron chi connectivity index (χ1n) is 12.1. The molecule has 220 valence electrons. The number of barbiturate groups is 1. The van der Waals surface area contributed by atoms with Crippen molar-refractivity contribution in [1.82, 2.24) is 5.32 Å². The van der Waals surface area contributed by atoms with Gasteiger partial charge in [-0.2, -0.15) is 0 Å². The van der Waals surface area contributed by atoms with Gasteiger partial charge in [-0.1, -0.05) is 0 Å². The number of carbonyl (C=O) groups is 4. The van der Waals surface area contributed by atoms with Gasteiger partial charge in [-0.3, -0.25) is 35.1 Å². The number of rotatable bonds is 9. The van der Waals surface area contributed by atoms with Gasteiger partial charge in [-0.05, 0) is 83.6 Å². The van der Waals surface area contributed by atoms with Crippen LogP contribution in [0, 0.1) is 23.8 Å². The molecule has 1 saturated heterocycles. The number of non-ortho nitro benzene ring substituents is 1. The van der Waals surface area contributed by atoms with Crippen LogP contribution in [0.15, 0.2) is 60.2 Å². The first kappa shape index (κ1) is 30.6. The smallest absolute Gasteiger partial charge is 0.337 e. The molecule has 0 spiro atoms. The van der Waals surface area contributed by atoms with E-state index in [4.69, 9.17) is 9.47 Å². The molecular weight excluding hydrogens is 683 g/mol. The van der Waals surface area contributed by atoms with Gasteiger partial charge in [0.1, 0.15) is 5.57 Å². The van der Waals surface area contributed by atoms with E-state index >= 15 is 0 Å². The van der Waals surface area contributed by atoms with E-state index in [1.807, 2.05) is 22.6 Å². The first-order chi connectivity index (χ1) is 20.4. The van der Waals surface area contributed by atoms with Gasteiger partial charge in [0.25, 0.3) is 17.5 Å². The molecule has 0 aromatic heterocycles. The summed E-state index contributed by atoms with van der Waals surface area (Å²) in [5.74, 6) is -2.66. The number of carbonyl (C=O) groups excluding carboxylic acids is 4. The predicted octanol–water partition coefficient (Wildman–Crippen LogP) is 4.75. The summed E-state index contributed by atoms with van der Waals surface area (Å²) in [4.78, 5) is 72.1. The minimum atomic E-state index is -0.990. The highest BCUT2D eigenvalue weighted by molar-refractivity contribution is 14.1. The summed E-state index contributed by atoms with van der Waals surface area (Å²) in [6.07, 6.45) is 1.22. The third-order valence-electron chi connectivity index (χ3n) is 5.85. The van der Waals surface area contributed by atoms with Gasteiger partial charge in [0, 0.05) is 6.07 Å². The van der Waals surface area contributed by atoms with E-state index in [0.29, 0.717) is 3.57 Å². The molecule has 3 aromatic rings. The molecule has 1 heterocycles. The van der Waals surface area contributed by atoms with Crippen LogP contribution in [-0.2, 0) is 14.3 Å². The Morgan fingerprint density at radius 2 is 1.70 bits per heavy atom. The maximum Gasteiger partial charge on any atom is 0.337 e. The summed E-state index contributed by atoms with van der Waals surface area (Å²) < 4.78 is 16.4. The van der Waals surface area contributed by atoms with Crippen molar-refractivity contribution in [2.75, 3.05) is 18.6 Å². The molecule has 0 atom stereocenters. The second kappa shape index (κ2) is 12.6. The Bertz CT molecular complexity index is 1720. The van der Waals surface area contributed by atoms with Gasteiger partial charge < -0.3 is 14.2 Å². The topological polar surface area (TPSA) is 198 Å². The normalized spacial score (nSPS) is 13.9. The number of hydrogen-bond acceptors (Lipinski definition) is 11. The zero-order valence-electron chi connectivity index (χ0n) is 22.2. The van der Waals surface area contributed by atoms with Crippen molar-refractivity contribution >= 4 is 69.5 Å². The number of nitro benzene ring substituents is 2. The Morgan fingerprint density at radius 3 is 2.30 bits per heavy atom. The fourth-order valence-electron chi connectivity index (χ4n) is 3.91. The van der Waals surface area contributed by atoms with E-state index in [9.17, 15) is 39.4 Å². The number of anilines is 1. The first-order valence-corrected chi connectivity index (χ1v) is 13.2. The highest BCUT2D eigenvalue weighted by atomic mass is 127. The fourth-order valence-corrected chi connectivity index (χ4v) is 4.65. The van der Waals surface area contributed by atoms with Crippen LogP contribution in [0.1, 0.15) is 22.8 Å². The Labute approximate surface area is 255 Å². The summed E-state index contributed by atoms with van der Waals surface area (Å²) >= 11 is 1.86. The maximum absolute atomic E-state index is 13.3. The summed E-state index contributed by atoms with van der Waals surface area (Å²) in [7, 11) is 1.21. The highest BCUT2D eigenvalue weighted by Crippen LogP contribution is 2.42. The number of nitro groups is 2. The van der Waals surface area contributed by atoms with Gasteiger partial charge in [0.05, 0.1) is 44.5 Å². The van der Waals surface area contributed by atoms with Crippen LogP contribution in [0.4, 0.5) is 21.9 Å². The standard InChI is InChI=1S/C27H19IN4O11/c1-3-42-22-12-14(11-19(28)23(22)43-21-9-8-17(31(37)38)13-20(21)32(39)40)10-18-24(33)29-27(36)30(25(18)34)16-6-4-15(5-7-16)26(35)41-2/h4-13H,3H2,1-2H3,(H,29,33,36)/b18-10+. The lowest BCUT2D eigenvalue weighted by atomic mass is 10.1. The third-order valence-corrected chi connectivity index (χ3v) is 6.65. The molecule has 0 saturated carbocycles. The van der Waals surface area contributed by atoms with Crippen molar-refractivity contribution in [3.63, 3.8) is 0 Å². The monoisotopic (exact) mass is 702 g/mol. The molecule has 1 aliphatic heterocycles. The molecule has 4 rings (SSSR count). The van der Waals surface area contributed by atoms with Crippen LogP contribution in [0.25, 0.3) is 6.08 Å². The molecule has 0 unspecified atom stereocenters. The molecule has 0 bridgehead atoms. The van der Waals surface area contributed by atoms with Crippen LogP contribution in [0.2, 0.25) is 0 Å². The van der Waals surface area contributed by atoms with Crippen molar-refractivity contribution in [3.8, 4) is 17.2 Å². The van der Waals surface area contributed by atoms with E-state index in [2.05, 4.69) is 10.1 Å². The number of nitrogens with zero attached hydrogens (tertiary/aromatic N) is 3. The van der Waals surface area contributed by atoms with Crippen molar-refractivity contribution in [1.29, 1.82) is 0 Å². The van der Waals surface area contributed by atoms with Crippen LogP contribution in [0.5, 0.6) is 17.2 Å². The average molecular weight is 702 g/mol. The molecule has 1 aliphatic rings. The summed E-state index contributed by atoms with van der Waals surface area (Å²) in [5.41, 5.74) is -0.980. The van der Waals surface area contributed by atoms with E-state index in [-0.39, 0.29) is 40.7 Å². The summed E-state index contributed by atoms with van der Waals surface area (Å²) in [6, 6.07) is 10.2. The minimum absolute atomic E-state index is 0.0449. The predicted molar refractivity (Wildman–Crippen MR) is 157 cm³/mol. The Morgan fingerprint density at radius 1 is 1.00 bits per heavy atom. The van der Waals surface area contributed by atoms with Gasteiger partial charge in [-0.15, -0.1) is 0 Å². The van der Waals surface area contributed by atoms with Crippen molar-refractivity contribution in [2.45, 2.75) is 6.92 Å². The quantitative estimate of drug-likeness (QED) is 0.0806. The zero-order valence-corrected chi connectivity index (χ0v) is 24.3. The number of imide groups is 2. The number of urea groups is 1. The molecule has 1 fully saturated rings. The van der Waals surface area contributed by atoms with Crippen LogP contribution in [-0.4, -0.2) is 47.4 Å². The van der Waals surface area contributed by atoms with Crippen molar-refractivity contribution < 1.29 is 43.2 Å². The minimum Gasteiger partial charge on any atom is -0.490 e. The van der Waals surface area contributed by atoms with Crippen molar-refractivity contribution in [3.05, 3.63) is 95.1 Å². The molecular formula is C27H19IN4O11. The third kappa shape index (κ3) is 6.43. The van der Waals surface area contributed by atoms with E-state index in [1.54, 1.807) is 6.92 Å². The van der Waals surface area contributed by atoms with Crippen LogP contribution in [0.3, 0.4) is 0 Å². The lowest BCUT2D eigenvalue weighted by molar-refractivity contribution is -0.394. The molecule has 43 heavy (non-hydrogen) atoms. The van der Waals surface area contributed by atoms with Gasteiger partial charge in [-0.25, -0.2) is 14.5 Å². The number of ether oxygens (including phenoxy) is 3. The number of nitrogens with one attached hydrogen (secondary N) is 1. The lowest BCUT2D eigenvalue weighted by Crippen LogP contribution is -2.54. The molecule has 0 radical (unpaired) electrons. The molecule has 15 nitrogen and oxygen atoms in total. The SMILES string of the molecule is CCOc1cc(/C=C2\C(=O)NC(=O)N(c3ccc(C(=O)OC)cc3)C2=O)cc(I)c1Oc1ccc([N+](=O)[O-])cc1[N+](=O)[O-]. The number of benzene rings is 3. The largest absolute Gasteiger partial charge is 0.490 e. The molecule has 4 amide bonds. The molecule has 0 aliphatic carbocycles. The van der Waals surface area contributed by atoms with E-state index < -0.39 is 50.6 Å². The summed E-state index contributed by atoms with van der Waals surface area (Å²) in [6.45, 7) is 1.81. The van der Waals surface area contributed by atoms with E-state index in [1.165, 1.54) is 49.6 Å². The number of halogens is 1. The van der Waals surface area contributed by atoms with Crippen LogP contribution >= 0.6 is 22.6 Å². The number of esters is 1. The van der Waals surface area contributed by atoms with Gasteiger partial charge in [0.2, 0.25) is 5.75 Å². The van der Waals surface area contributed by atoms with Gasteiger partial charge in [0.15, 0.2) is 11.5 Å². The molecule has 16 heteroatoms.